The fourth-order valence-electron chi connectivity index (χ4n) is 15.0. The zero-order chi connectivity index (χ0) is 36.8. The van der Waals surface area contributed by atoms with E-state index in [0.29, 0.717) is 42.9 Å². The molecule has 10 bridgehead atoms. The fourth-order valence-corrected chi connectivity index (χ4v) is 15.0. The van der Waals surface area contributed by atoms with Gasteiger partial charge in [0, 0.05) is 18.3 Å². The van der Waals surface area contributed by atoms with Crippen molar-refractivity contribution in [2.45, 2.75) is 173 Å². The van der Waals surface area contributed by atoms with Gasteiger partial charge < -0.3 is 24.1 Å². The van der Waals surface area contributed by atoms with Crippen LogP contribution in [-0.2, 0) is 38.1 Å². The molecule has 0 spiro atoms. The van der Waals surface area contributed by atoms with Gasteiger partial charge in [0.1, 0.15) is 23.4 Å². The van der Waals surface area contributed by atoms with Crippen LogP contribution in [0.1, 0.15) is 144 Å². The topological polar surface area (TPSA) is 125 Å². The molecule has 0 aromatic heterocycles. The largest absolute Gasteiger partial charge is 0.459 e. The number of hydrogen-bond donors (Lipinski definition) is 1. The molecule has 11 rings (SSSR count). The Morgan fingerprint density at radius 3 is 1.96 bits per heavy atom. The van der Waals surface area contributed by atoms with Crippen LogP contribution in [0.4, 0.5) is 0 Å². The number of esters is 4. The monoisotopic (exact) mass is 722 g/mol. The predicted molar refractivity (Wildman–Crippen MR) is 189 cm³/mol. The molecule has 0 aromatic carbocycles. The maximum Gasteiger partial charge on any atom is 0.312 e. The highest BCUT2D eigenvalue weighted by atomic mass is 16.6. The molecule has 11 aliphatic rings. The lowest BCUT2D eigenvalue weighted by atomic mass is 9.50. The van der Waals surface area contributed by atoms with Gasteiger partial charge in [0.2, 0.25) is 0 Å². The molecule has 9 heteroatoms. The minimum atomic E-state index is -1.23. The molecule has 9 atom stereocenters. The van der Waals surface area contributed by atoms with Crippen LogP contribution in [0.5, 0.6) is 0 Å². The average molecular weight is 723 g/mol. The van der Waals surface area contributed by atoms with E-state index in [0.717, 1.165) is 76.0 Å². The van der Waals surface area contributed by atoms with Gasteiger partial charge in [-0.3, -0.25) is 19.2 Å². The van der Waals surface area contributed by atoms with Gasteiger partial charge in [-0.1, -0.05) is 6.92 Å². The number of carbonyl (C=O) groups is 4. The van der Waals surface area contributed by atoms with Gasteiger partial charge in [-0.2, -0.15) is 0 Å². The Labute approximate surface area is 309 Å². The first-order valence-corrected chi connectivity index (χ1v) is 20.9. The van der Waals surface area contributed by atoms with E-state index in [2.05, 4.69) is 6.92 Å². The van der Waals surface area contributed by atoms with E-state index in [9.17, 15) is 24.3 Å². The molecule has 52 heavy (non-hydrogen) atoms. The van der Waals surface area contributed by atoms with E-state index in [-0.39, 0.29) is 48.6 Å². The summed E-state index contributed by atoms with van der Waals surface area (Å²) in [4.78, 5) is 56.2. The molecule has 1 heterocycles. The maximum absolute atomic E-state index is 14.9. The second-order valence-electron chi connectivity index (χ2n) is 21.6. The predicted octanol–water partition coefficient (Wildman–Crippen LogP) is 7.09. The Hall–Kier alpha value is -2.16. The third-order valence-electron chi connectivity index (χ3n) is 16.9. The summed E-state index contributed by atoms with van der Waals surface area (Å²) in [6.45, 7) is 11.6. The number of rotatable bonds is 11. The smallest absolute Gasteiger partial charge is 0.312 e. The zero-order valence-electron chi connectivity index (χ0n) is 32.4. The molecule has 0 radical (unpaired) electrons. The molecular formula is C43H62O9. The summed E-state index contributed by atoms with van der Waals surface area (Å²) in [6, 6.07) is 0. The summed E-state index contributed by atoms with van der Waals surface area (Å²) in [5, 5.41) is 11.5. The summed E-state index contributed by atoms with van der Waals surface area (Å²) >= 11 is 0. The third kappa shape index (κ3) is 5.44. The first kappa shape index (κ1) is 35.5. The van der Waals surface area contributed by atoms with Gasteiger partial charge in [-0.15, -0.1) is 0 Å². The third-order valence-corrected chi connectivity index (χ3v) is 16.9. The standard InChI is InChI=1S/C43H62O9/c1-7-39(4,36(46)51-41(6)28-10-23-8-24(12-28)13-29(41)11-23)21-40(5,37(47)52-43-18-25-9-26(19-43)17-42(48,16-25)22-43)20-38(2,3)35(45)50-32-27-14-30-31(15-27)34(44)49-33(30)32/h23-33,48H,7-22H2,1-6H3. The lowest BCUT2D eigenvalue weighted by Gasteiger charge is -2.60. The summed E-state index contributed by atoms with van der Waals surface area (Å²) in [5.74, 6) is 1.80. The Morgan fingerprint density at radius 1 is 0.769 bits per heavy atom. The van der Waals surface area contributed by atoms with Crippen molar-refractivity contribution in [3.63, 3.8) is 0 Å². The molecule has 9 nitrogen and oxygen atoms in total. The molecule has 0 amide bonds. The molecule has 11 fully saturated rings. The lowest BCUT2D eigenvalue weighted by Crippen LogP contribution is -2.61. The van der Waals surface area contributed by atoms with Gasteiger partial charge in [-0.25, -0.2) is 0 Å². The summed E-state index contributed by atoms with van der Waals surface area (Å²) in [7, 11) is 0. The molecule has 10 aliphatic carbocycles. The first-order chi connectivity index (χ1) is 24.3. The highest BCUT2D eigenvalue weighted by molar-refractivity contribution is 5.83. The van der Waals surface area contributed by atoms with Gasteiger partial charge in [0.15, 0.2) is 0 Å². The summed E-state index contributed by atoms with van der Waals surface area (Å²) in [5.41, 5.74) is -5.37. The van der Waals surface area contributed by atoms with Crippen molar-refractivity contribution in [3.05, 3.63) is 0 Å². The van der Waals surface area contributed by atoms with Crippen LogP contribution in [0.2, 0.25) is 0 Å². The fraction of sp³-hybridized carbons (Fsp3) is 0.907. The molecule has 0 aromatic rings. The van der Waals surface area contributed by atoms with Crippen molar-refractivity contribution in [2.75, 3.05) is 0 Å². The maximum atomic E-state index is 14.9. The number of ether oxygens (including phenoxy) is 4. The number of fused-ring (bicyclic) bond motifs is 1. The first-order valence-electron chi connectivity index (χ1n) is 20.9. The number of carbonyl (C=O) groups excluding carboxylic acids is 4. The van der Waals surface area contributed by atoms with E-state index in [1.807, 2.05) is 34.6 Å². The van der Waals surface area contributed by atoms with E-state index >= 15 is 0 Å². The van der Waals surface area contributed by atoms with Gasteiger partial charge in [0.25, 0.3) is 0 Å². The highest BCUT2D eigenvalue weighted by Crippen LogP contribution is 2.62. The number of hydrogen-bond acceptors (Lipinski definition) is 9. The quantitative estimate of drug-likeness (QED) is 0.176. The van der Waals surface area contributed by atoms with Crippen molar-refractivity contribution < 1.29 is 43.2 Å². The molecule has 9 unspecified atom stereocenters. The van der Waals surface area contributed by atoms with Crippen LogP contribution in [0.3, 0.4) is 0 Å². The van der Waals surface area contributed by atoms with Crippen molar-refractivity contribution in [1.29, 1.82) is 0 Å². The van der Waals surface area contributed by atoms with E-state index < -0.39 is 51.1 Å². The van der Waals surface area contributed by atoms with Crippen molar-refractivity contribution >= 4 is 23.9 Å². The van der Waals surface area contributed by atoms with Crippen LogP contribution in [-0.4, -0.2) is 58.0 Å². The van der Waals surface area contributed by atoms with Gasteiger partial charge >= 0.3 is 23.9 Å². The summed E-state index contributed by atoms with van der Waals surface area (Å²) in [6.07, 6.45) is 11.8. The van der Waals surface area contributed by atoms with Crippen LogP contribution in [0.25, 0.3) is 0 Å². The minimum absolute atomic E-state index is 0.0775. The molecular weight excluding hydrogens is 660 g/mol. The average Bonchev–Trinajstić information content (AvgIpc) is 3.67. The van der Waals surface area contributed by atoms with Crippen LogP contribution in [0, 0.1) is 69.5 Å². The van der Waals surface area contributed by atoms with Gasteiger partial charge in [-0.05, 0) is 166 Å². The normalized spacial score (nSPS) is 48.3. The van der Waals surface area contributed by atoms with E-state index in [1.54, 1.807) is 0 Å². The Bertz CT molecular complexity index is 1510. The highest BCUT2D eigenvalue weighted by Gasteiger charge is 2.65. The second kappa shape index (κ2) is 11.4. The van der Waals surface area contributed by atoms with E-state index in [4.69, 9.17) is 18.9 Å². The second-order valence-corrected chi connectivity index (χ2v) is 21.6. The Morgan fingerprint density at radius 2 is 1.37 bits per heavy atom. The number of aliphatic hydroxyl groups is 1. The molecule has 1 N–H and O–H groups in total. The van der Waals surface area contributed by atoms with Crippen molar-refractivity contribution in [1.82, 2.24) is 0 Å². The SMILES string of the molecule is CCC(C)(CC(C)(CC(C)(C)C(=O)OC1C2CC3C(=O)OC1C3C2)C(=O)OC12CC3CC(CC(O)(C3)C1)C2)C(=O)OC1(C)C2CC3CC(C2)CC1C3. The minimum Gasteiger partial charge on any atom is -0.459 e. The van der Waals surface area contributed by atoms with Crippen LogP contribution in [0.15, 0.2) is 0 Å². The van der Waals surface area contributed by atoms with Crippen molar-refractivity contribution in [2.24, 2.45) is 69.5 Å². The molecule has 1 aliphatic heterocycles. The van der Waals surface area contributed by atoms with Crippen LogP contribution >= 0.6 is 0 Å². The van der Waals surface area contributed by atoms with E-state index in [1.165, 1.54) is 6.42 Å². The molecule has 1 saturated heterocycles. The van der Waals surface area contributed by atoms with Crippen molar-refractivity contribution in [3.8, 4) is 0 Å². The summed E-state index contributed by atoms with van der Waals surface area (Å²) < 4.78 is 25.3. The zero-order valence-corrected chi connectivity index (χ0v) is 32.4. The Kier molecular flexibility index (Phi) is 7.82. The van der Waals surface area contributed by atoms with Gasteiger partial charge in [0.05, 0.1) is 27.8 Å². The van der Waals surface area contributed by atoms with Crippen LogP contribution < -0.4 is 0 Å². The molecule has 10 saturated carbocycles. The molecule has 288 valence electrons. The Balaban J connectivity index is 0.977. The lowest BCUT2D eigenvalue weighted by molar-refractivity contribution is -0.229.